The molecule has 0 aliphatic rings. The SMILES string of the molecule is CCn1c(SCc2ccc(-c3csnn3)cc2)nnc1-c1snnc1-c1ccccc1. The normalized spacial score (nSPS) is 11.1. The third-order valence-corrected chi connectivity index (χ3v) is 7.01. The molecule has 0 saturated carbocycles. The van der Waals surface area contributed by atoms with Crippen molar-refractivity contribution in [3.63, 3.8) is 0 Å². The summed E-state index contributed by atoms with van der Waals surface area (Å²) in [6.07, 6.45) is 0. The molecule has 0 spiro atoms. The third kappa shape index (κ3) is 4.14. The predicted molar refractivity (Wildman–Crippen MR) is 125 cm³/mol. The largest absolute Gasteiger partial charge is 0.302 e. The van der Waals surface area contributed by atoms with Gasteiger partial charge in [-0.1, -0.05) is 75.3 Å². The van der Waals surface area contributed by atoms with Gasteiger partial charge in [0.1, 0.15) is 16.3 Å². The van der Waals surface area contributed by atoms with Gasteiger partial charge < -0.3 is 4.57 Å². The van der Waals surface area contributed by atoms with E-state index < -0.39 is 0 Å². The molecule has 154 valence electrons. The molecule has 5 aromatic rings. The molecule has 0 N–H and O–H groups in total. The van der Waals surface area contributed by atoms with Crippen molar-refractivity contribution in [1.82, 2.24) is 33.9 Å². The molecule has 0 amide bonds. The molecule has 0 unspecified atom stereocenters. The van der Waals surface area contributed by atoms with Crippen LogP contribution in [-0.4, -0.2) is 33.9 Å². The highest BCUT2D eigenvalue weighted by molar-refractivity contribution is 7.98. The summed E-state index contributed by atoms with van der Waals surface area (Å²) < 4.78 is 10.2. The lowest BCUT2D eigenvalue weighted by Crippen LogP contribution is -2.00. The molecule has 10 heteroatoms. The van der Waals surface area contributed by atoms with Crippen LogP contribution in [0.3, 0.4) is 0 Å². The maximum atomic E-state index is 4.48. The van der Waals surface area contributed by atoms with E-state index in [1.807, 2.05) is 35.7 Å². The number of nitrogens with zero attached hydrogens (tertiary/aromatic N) is 7. The fourth-order valence-electron chi connectivity index (χ4n) is 3.18. The van der Waals surface area contributed by atoms with E-state index in [9.17, 15) is 0 Å². The minimum absolute atomic E-state index is 0.770. The Morgan fingerprint density at radius 2 is 1.71 bits per heavy atom. The highest BCUT2D eigenvalue weighted by Crippen LogP contribution is 2.34. The van der Waals surface area contributed by atoms with Crippen LogP contribution >= 0.6 is 34.8 Å². The van der Waals surface area contributed by atoms with Crippen molar-refractivity contribution >= 4 is 34.8 Å². The van der Waals surface area contributed by atoms with E-state index in [4.69, 9.17) is 0 Å². The van der Waals surface area contributed by atoms with Crippen molar-refractivity contribution in [2.45, 2.75) is 24.4 Å². The Morgan fingerprint density at radius 3 is 2.45 bits per heavy atom. The summed E-state index contributed by atoms with van der Waals surface area (Å²) in [5.41, 5.74) is 5.08. The van der Waals surface area contributed by atoms with Crippen LogP contribution in [0.4, 0.5) is 0 Å². The van der Waals surface area contributed by atoms with Crippen LogP contribution in [0.25, 0.3) is 33.2 Å². The molecule has 0 fully saturated rings. The maximum absolute atomic E-state index is 4.48. The summed E-state index contributed by atoms with van der Waals surface area (Å²) in [5.74, 6) is 1.62. The van der Waals surface area contributed by atoms with Crippen LogP contribution in [0.2, 0.25) is 0 Å². The number of aromatic nitrogens is 7. The molecule has 0 aliphatic heterocycles. The molecule has 0 aliphatic carbocycles. The van der Waals surface area contributed by atoms with Crippen molar-refractivity contribution in [1.29, 1.82) is 0 Å². The molecule has 0 bridgehead atoms. The fraction of sp³-hybridized carbons (Fsp3) is 0.143. The Kier molecular flexibility index (Phi) is 5.83. The average molecular weight is 464 g/mol. The van der Waals surface area contributed by atoms with Gasteiger partial charge >= 0.3 is 0 Å². The van der Waals surface area contributed by atoms with Gasteiger partial charge in [0.25, 0.3) is 0 Å². The summed E-state index contributed by atoms with van der Waals surface area (Å²) in [4.78, 5) is 0.939. The molecule has 3 heterocycles. The van der Waals surface area contributed by atoms with Gasteiger partial charge in [0.15, 0.2) is 11.0 Å². The molecule has 3 aromatic heterocycles. The molecule has 5 rings (SSSR count). The van der Waals surface area contributed by atoms with Crippen LogP contribution in [0.15, 0.2) is 65.1 Å². The first-order chi connectivity index (χ1) is 15.3. The summed E-state index contributed by atoms with van der Waals surface area (Å²) >= 11 is 4.39. The zero-order chi connectivity index (χ0) is 21.0. The zero-order valence-electron chi connectivity index (χ0n) is 16.5. The van der Waals surface area contributed by atoms with Crippen molar-refractivity contribution < 1.29 is 0 Å². The van der Waals surface area contributed by atoms with Crippen molar-refractivity contribution in [2.75, 3.05) is 0 Å². The topological polar surface area (TPSA) is 82.3 Å². The second-order valence-corrected chi connectivity index (χ2v) is 8.95. The van der Waals surface area contributed by atoms with Crippen LogP contribution in [0.1, 0.15) is 12.5 Å². The van der Waals surface area contributed by atoms with E-state index in [0.717, 1.165) is 50.7 Å². The highest BCUT2D eigenvalue weighted by atomic mass is 32.2. The van der Waals surface area contributed by atoms with Crippen molar-refractivity contribution in [2.24, 2.45) is 0 Å². The van der Waals surface area contributed by atoms with Gasteiger partial charge in [-0.05, 0) is 35.6 Å². The molecule has 7 nitrogen and oxygen atoms in total. The Morgan fingerprint density at radius 1 is 0.871 bits per heavy atom. The first-order valence-corrected chi connectivity index (χ1v) is 12.2. The molecule has 0 atom stereocenters. The van der Waals surface area contributed by atoms with E-state index >= 15 is 0 Å². The second kappa shape index (κ2) is 9.04. The molecule has 0 radical (unpaired) electrons. The number of hydrogen-bond acceptors (Lipinski definition) is 9. The monoisotopic (exact) mass is 463 g/mol. The first kappa shape index (κ1) is 20.0. The van der Waals surface area contributed by atoms with Gasteiger partial charge in [-0.15, -0.1) is 20.4 Å². The first-order valence-electron chi connectivity index (χ1n) is 9.64. The minimum atomic E-state index is 0.770. The molecule has 2 aromatic carbocycles. The number of benzene rings is 2. The summed E-state index contributed by atoms with van der Waals surface area (Å²) in [7, 11) is 0. The van der Waals surface area contributed by atoms with Gasteiger partial charge in [0.05, 0.1) is 0 Å². The lowest BCUT2D eigenvalue weighted by Gasteiger charge is -2.07. The summed E-state index contributed by atoms with van der Waals surface area (Å²) in [5, 5.41) is 20.2. The van der Waals surface area contributed by atoms with Crippen LogP contribution in [-0.2, 0) is 12.3 Å². The Labute approximate surface area is 191 Å². The average Bonchev–Trinajstić information content (AvgIpc) is 3.59. The number of rotatable bonds is 7. The maximum Gasteiger partial charge on any atom is 0.191 e. The van der Waals surface area contributed by atoms with Gasteiger partial charge in [-0.3, -0.25) is 0 Å². The molecule has 31 heavy (non-hydrogen) atoms. The standard InChI is InChI=1S/C21H17N7S3/c1-2-28-20(19-18(23-27-31-19)16-6-4-3-5-7-16)24-25-21(28)29-12-14-8-10-15(11-9-14)17-13-30-26-22-17/h3-11,13H,2,12H2,1H3. The van der Waals surface area contributed by atoms with E-state index in [1.54, 1.807) is 11.8 Å². The highest BCUT2D eigenvalue weighted by Gasteiger charge is 2.20. The van der Waals surface area contributed by atoms with E-state index in [0.29, 0.717) is 0 Å². The van der Waals surface area contributed by atoms with Gasteiger partial charge in [-0.2, -0.15) is 0 Å². The lowest BCUT2D eigenvalue weighted by molar-refractivity contribution is 0.688. The van der Waals surface area contributed by atoms with E-state index in [-0.39, 0.29) is 0 Å². The molecular weight excluding hydrogens is 446 g/mol. The quantitative estimate of drug-likeness (QED) is 0.303. The summed E-state index contributed by atoms with van der Waals surface area (Å²) in [6.45, 7) is 2.87. The number of thioether (sulfide) groups is 1. The van der Waals surface area contributed by atoms with Gasteiger partial charge in [0.2, 0.25) is 0 Å². The van der Waals surface area contributed by atoms with E-state index in [1.165, 1.54) is 28.6 Å². The number of hydrogen-bond donors (Lipinski definition) is 0. The lowest BCUT2D eigenvalue weighted by atomic mass is 10.1. The molecule has 0 saturated heterocycles. The van der Waals surface area contributed by atoms with Gasteiger partial charge in [-0.25, -0.2) is 0 Å². The van der Waals surface area contributed by atoms with Crippen LogP contribution < -0.4 is 0 Å². The minimum Gasteiger partial charge on any atom is -0.302 e. The summed E-state index contributed by atoms with van der Waals surface area (Å²) in [6, 6.07) is 18.5. The van der Waals surface area contributed by atoms with E-state index in [2.05, 4.69) is 65.1 Å². The van der Waals surface area contributed by atoms with Gasteiger partial charge in [0, 0.05) is 28.8 Å². The third-order valence-electron chi connectivity index (χ3n) is 4.75. The second-order valence-electron chi connectivity index (χ2n) is 6.64. The smallest absolute Gasteiger partial charge is 0.191 e. The van der Waals surface area contributed by atoms with Crippen LogP contribution in [0, 0.1) is 0 Å². The van der Waals surface area contributed by atoms with Crippen molar-refractivity contribution in [3.05, 3.63) is 65.5 Å². The Bertz CT molecular complexity index is 1260. The van der Waals surface area contributed by atoms with Crippen LogP contribution in [0.5, 0.6) is 0 Å². The Balaban J connectivity index is 1.36. The predicted octanol–water partition coefficient (Wildman–Crippen LogP) is 5.29. The fourth-order valence-corrected chi connectivity index (χ4v) is 5.29. The zero-order valence-corrected chi connectivity index (χ0v) is 19.0. The Hall–Kier alpha value is -2.95. The van der Waals surface area contributed by atoms with Crippen molar-refractivity contribution in [3.8, 4) is 33.2 Å². The molecular formula is C21H17N7S3.